The molecule has 2 aromatic rings. The van der Waals surface area contributed by atoms with E-state index in [0.29, 0.717) is 0 Å². The Morgan fingerprint density at radius 1 is 1.44 bits per heavy atom. The summed E-state index contributed by atoms with van der Waals surface area (Å²) in [4.78, 5) is 8.12. The number of aromatic nitrogens is 5. The second-order valence-electron chi connectivity index (χ2n) is 3.67. The van der Waals surface area contributed by atoms with Crippen LogP contribution in [0.3, 0.4) is 0 Å². The number of rotatable bonds is 4. The Balaban J connectivity index is 1.94. The van der Waals surface area contributed by atoms with E-state index < -0.39 is 0 Å². The Hall–Kier alpha value is -1.98. The molecule has 0 aliphatic carbocycles. The van der Waals surface area contributed by atoms with Gasteiger partial charge in [0.15, 0.2) is 0 Å². The molecule has 0 bridgehead atoms. The van der Waals surface area contributed by atoms with Gasteiger partial charge in [-0.05, 0) is 0 Å². The molecular formula is C10H14N6. The molecule has 1 N–H and O–H groups in total. The van der Waals surface area contributed by atoms with Crippen LogP contribution in [0.5, 0.6) is 0 Å². The van der Waals surface area contributed by atoms with Crippen molar-refractivity contribution >= 4 is 5.82 Å². The predicted molar refractivity (Wildman–Crippen MR) is 59.9 cm³/mol. The van der Waals surface area contributed by atoms with Crippen LogP contribution < -0.4 is 5.32 Å². The number of anilines is 1. The number of nitrogens with one attached hydrogen (secondary N) is 1. The zero-order chi connectivity index (χ0) is 11.4. The van der Waals surface area contributed by atoms with E-state index in [2.05, 4.69) is 32.4 Å². The molecule has 0 aliphatic heterocycles. The Kier molecular flexibility index (Phi) is 3.09. The van der Waals surface area contributed by atoms with Crippen molar-refractivity contribution in [3.63, 3.8) is 0 Å². The van der Waals surface area contributed by atoms with Crippen LogP contribution >= 0.6 is 0 Å². The molecule has 0 saturated heterocycles. The SMILES string of the molecule is CC(CNc1cnccn1)c1nncn1C. The van der Waals surface area contributed by atoms with Crippen molar-refractivity contribution in [2.75, 3.05) is 11.9 Å². The van der Waals surface area contributed by atoms with Crippen LogP contribution in [0.1, 0.15) is 18.7 Å². The highest BCUT2D eigenvalue weighted by Crippen LogP contribution is 2.11. The van der Waals surface area contributed by atoms with Gasteiger partial charge in [0.05, 0.1) is 6.20 Å². The molecular weight excluding hydrogens is 204 g/mol. The van der Waals surface area contributed by atoms with Crippen molar-refractivity contribution in [2.45, 2.75) is 12.8 Å². The molecule has 0 radical (unpaired) electrons. The Morgan fingerprint density at radius 2 is 2.31 bits per heavy atom. The summed E-state index contributed by atoms with van der Waals surface area (Å²) in [7, 11) is 1.94. The van der Waals surface area contributed by atoms with E-state index in [1.165, 1.54) is 0 Å². The van der Waals surface area contributed by atoms with Gasteiger partial charge in [-0.2, -0.15) is 0 Å². The first kappa shape index (κ1) is 10.5. The Bertz CT molecular complexity index is 438. The van der Waals surface area contributed by atoms with Gasteiger partial charge in [0.2, 0.25) is 0 Å². The van der Waals surface area contributed by atoms with E-state index in [1.807, 2.05) is 11.6 Å². The van der Waals surface area contributed by atoms with Gasteiger partial charge in [0.25, 0.3) is 0 Å². The van der Waals surface area contributed by atoms with E-state index in [1.54, 1.807) is 24.9 Å². The third-order valence-electron chi connectivity index (χ3n) is 2.34. The lowest BCUT2D eigenvalue weighted by Crippen LogP contribution is -2.14. The molecule has 6 nitrogen and oxygen atoms in total. The van der Waals surface area contributed by atoms with Crippen molar-refractivity contribution in [2.24, 2.45) is 7.05 Å². The van der Waals surface area contributed by atoms with Crippen molar-refractivity contribution in [3.05, 3.63) is 30.7 Å². The summed E-state index contributed by atoms with van der Waals surface area (Å²) < 4.78 is 1.92. The molecule has 0 aromatic carbocycles. The van der Waals surface area contributed by atoms with E-state index in [4.69, 9.17) is 0 Å². The van der Waals surface area contributed by atoms with E-state index >= 15 is 0 Å². The first-order chi connectivity index (χ1) is 7.77. The summed E-state index contributed by atoms with van der Waals surface area (Å²) in [6, 6.07) is 0. The summed E-state index contributed by atoms with van der Waals surface area (Å²) >= 11 is 0. The highest BCUT2D eigenvalue weighted by atomic mass is 15.2. The summed E-state index contributed by atoms with van der Waals surface area (Å²) in [5.41, 5.74) is 0. The number of aryl methyl sites for hydroxylation is 1. The van der Waals surface area contributed by atoms with Crippen LogP contribution in [0.25, 0.3) is 0 Å². The molecule has 2 aromatic heterocycles. The van der Waals surface area contributed by atoms with Crippen molar-refractivity contribution in [3.8, 4) is 0 Å². The van der Waals surface area contributed by atoms with Crippen LogP contribution in [0.2, 0.25) is 0 Å². The quantitative estimate of drug-likeness (QED) is 0.822. The van der Waals surface area contributed by atoms with Crippen molar-refractivity contribution < 1.29 is 0 Å². The first-order valence-electron chi connectivity index (χ1n) is 5.11. The highest BCUT2D eigenvalue weighted by molar-refractivity contribution is 5.30. The predicted octanol–water partition coefficient (Wildman–Crippen LogP) is 0.821. The molecule has 0 spiro atoms. The lowest BCUT2D eigenvalue weighted by Gasteiger charge is -2.11. The molecule has 1 atom stereocenters. The Labute approximate surface area is 93.8 Å². The van der Waals surface area contributed by atoms with Crippen LogP contribution in [0.15, 0.2) is 24.9 Å². The normalized spacial score (nSPS) is 12.4. The average molecular weight is 218 g/mol. The fourth-order valence-corrected chi connectivity index (χ4v) is 1.48. The smallest absolute Gasteiger partial charge is 0.144 e. The maximum absolute atomic E-state index is 4.14. The van der Waals surface area contributed by atoms with E-state index in [-0.39, 0.29) is 5.92 Å². The molecule has 0 aliphatic rings. The third-order valence-corrected chi connectivity index (χ3v) is 2.34. The number of nitrogens with zero attached hydrogens (tertiary/aromatic N) is 5. The minimum Gasteiger partial charge on any atom is -0.368 e. The summed E-state index contributed by atoms with van der Waals surface area (Å²) in [5, 5.41) is 11.1. The van der Waals surface area contributed by atoms with Gasteiger partial charge in [-0.15, -0.1) is 10.2 Å². The molecule has 16 heavy (non-hydrogen) atoms. The second-order valence-corrected chi connectivity index (χ2v) is 3.67. The maximum atomic E-state index is 4.14. The fourth-order valence-electron chi connectivity index (χ4n) is 1.48. The standard InChI is InChI=1S/C10H14N6/c1-8(10-15-14-7-16(10)2)5-13-9-6-11-3-4-12-9/h3-4,6-8H,5H2,1-2H3,(H,12,13). The molecule has 84 valence electrons. The molecule has 6 heteroatoms. The largest absolute Gasteiger partial charge is 0.368 e. The highest BCUT2D eigenvalue weighted by Gasteiger charge is 2.10. The monoisotopic (exact) mass is 218 g/mol. The van der Waals surface area contributed by atoms with E-state index in [9.17, 15) is 0 Å². The van der Waals surface area contributed by atoms with Gasteiger partial charge in [-0.3, -0.25) is 4.98 Å². The van der Waals surface area contributed by atoms with Gasteiger partial charge >= 0.3 is 0 Å². The van der Waals surface area contributed by atoms with E-state index in [0.717, 1.165) is 18.2 Å². The van der Waals surface area contributed by atoms with Crippen LogP contribution in [0, 0.1) is 0 Å². The zero-order valence-corrected chi connectivity index (χ0v) is 9.33. The third kappa shape index (κ3) is 2.33. The van der Waals surface area contributed by atoms with Gasteiger partial charge in [-0.1, -0.05) is 6.92 Å². The van der Waals surface area contributed by atoms with Gasteiger partial charge in [0, 0.05) is 31.9 Å². The summed E-state index contributed by atoms with van der Waals surface area (Å²) in [6.45, 7) is 2.85. The lowest BCUT2D eigenvalue weighted by molar-refractivity contribution is 0.680. The first-order valence-corrected chi connectivity index (χ1v) is 5.11. The zero-order valence-electron chi connectivity index (χ0n) is 9.33. The van der Waals surface area contributed by atoms with Gasteiger partial charge in [0.1, 0.15) is 18.0 Å². The van der Waals surface area contributed by atoms with Crippen LogP contribution in [-0.4, -0.2) is 31.3 Å². The van der Waals surface area contributed by atoms with Crippen molar-refractivity contribution in [1.82, 2.24) is 24.7 Å². The second kappa shape index (κ2) is 4.69. The molecule has 0 amide bonds. The molecule has 0 saturated carbocycles. The van der Waals surface area contributed by atoms with Crippen LogP contribution in [0.4, 0.5) is 5.82 Å². The van der Waals surface area contributed by atoms with Gasteiger partial charge in [-0.25, -0.2) is 4.98 Å². The van der Waals surface area contributed by atoms with Crippen molar-refractivity contribution in [1.29, 1.82) is 0 Å². The maximum Gasteiger partial charge on any atom is 0.144 e. The fraction of sp³-hybridized carbons (Fsp3) is 0.400. The summed E-state index contributed by atoms with van der Waals surface area (Å²) in [6.07, 6.45) is 6.71. The van der Waals surface area contributed by atoms with Crippen LogP contribution in [-0.2, 0) is 7.05 Å². The minimum atomic E-state index is 0.273. The molecule has 2 rings (SSSR count). The number of hydrogen-bond acceptors (Lipinski definition) is 5. The molecule has 2 heterocycles. The molecule has 0 fully saturated rings. The minimum absolute atomic E-state index is 0.273. The topological polar surface area (TPSA) is 68.5 Å². The number of hydrogen-bond donors (Lipinski definition) is 1. The van der Waals surface area contributed by atoms with Gasteiger partial charge < -0.3 is 9.88 Å². The Morgan fingerprint density at radius 3 is 2.94 bits per heavy atom. The average Bonchev–Trinajstić information content (AvgIpc) is 2.74. The summed E-state index contributed by atoms with van der Waals surface area (Å²) in [5.74, 6) is 2.00. The lowest BCUT2D eigenvalue weighted by atomic mass is 10.1. The molecule has 1 unspecified atom stereocenters.